The van der Waals surface area contributed by atoms with Gasteiger partial charge in [0.2, 0.25) is 5.91 Å². The molecule has 1 amide bonds. The number of amides is 1. The SMILES string of the molecule is C=CCNC(=NCC(=O)N(C)C)NC1CCN(c2cccc(C)n2)CC1.I. The smallest absolute Gasteiger partial charge is 0.243 e. The third kappa shape index (κ3) is 7.74. The molecule has 1 saturated heterocycles. The van der Waals surface area contributed by atoms with Crippen molar-refractivity contribution in [3.8, 4) is 0 Å². The molecule has 150 valence electrons. The molecule has 7 nitrogen and oxygen atoms in total. The zero-order valence-electron chi connectivity index (χ0n) is 16.4. The first-order valence-electron chi connectivity index (χ1n) is 9.04. The molecule has 0 aromatic carbocycles. The number of likely N-dealkylation sites (N-methyl/N-ethyl adjacent to an activating group) is 1. The van der Waals surface area contributed by atoms with Crippen LogP contribution in [0.3, 0.4) is 0 Å². The number of nitrogens with one attached hydrogen (secondary N) is 2. The zero-order valence-corrected chi connectivity index (χ0v) is 18.8. The van der Waals surface area contributed by atoms with Crippen LogP contribution >= 0.6 is 24.0 Å². The Labute approximate surface area is 179 Å². The van der Waals surface area contributed by atoms with Crippen molar-refractivity contribution in [1.29, 1.82) is 0 Å². The van der Waals surface area contributed by atoms with Crippen molar-refractivity contribution in [3.05, 3.63) is 36.5 Å². The predicted octanol–water partition coefficient (Wildman–Crippen LogP) is 1.79. The van der Waals surface area contributed by atoms with Gasteiger partial charge >= 0.3 is 0 Å². The minimum atomic E-state index is -0.0231. The van der Waals surface area contributed by atoms with Crippen molar-refractivity contribution < 1.29 is 4.79 Å². The maximum Gasteiger partial charge on any atom is 0.243 e. The van der Waals surface area contributed by atoms with Crippen molar-refractivity contribution in [2.75, 3.05) is 45.2 Å². The molecule has 0 aliphatic carbocycles. The lowest BCUT2D eigenvalue weighted by Gasteiger charge is -2.34. The van der Waals surface area contributed by atoms with Gasteiger partial charge in [-0.1, -0.05) is 12.1 Å². The molecule has 0 saturated carbocycles. The largest absolute Gasteiger partial charge is 0.356 e. The molecule has 1 fully saturated rings. The van der Waals surface area contributed by atoms with Crippen molar-refractivity contribution in [3.63, 3.8) is 0 Å². The molecular weight excluding hydrogens is 455 g/mol. The number of aromatic nitrogens is 1. The zero-order chi connectivity index (χ0) is 18.9. The number of nitrogens with zero attached hydrogens (tertiary/aromatic N) is 4. The summed E-state index contributed by atoms with van der Waals surface area (Å²) >= 11 is 0. The summed E-state index contributed by atoms with van der Waals surface area (Å²) in [5, 5.41) is 6.63. The second-order valence-corrected chi connectivity index (χ2v) is 6.67. The van der Waals surface area contributed by atoms with E-state index in [1.807, 2.05) is 19.1 Å². The molecule has 27 heavy (non-hydrogen) atoms. The number of pyridine rings is 1. The molecule has 2 rings (SSSR count). The lowest BCUT2D eigenvalue weighted by Crippen LogP contribution is -2.49. The van der Waals surface area contributed by atoms with E-state index >= 15 is 0 Å². The standard InChI is InChI=1S/C19H30N6O.HI/c1-5-11-20-19(21-14-18(26)24(3)4)23-16-9-12-25(13-10-16)17-8-6-7-15(2)22-17;/h5-8,16H,1,9-14H2,2-4H3,(H2,20,21,23);1H. The molecular formula is C19H31IN6O. The number of halogens is 1. The van der Waals surface area contributed by atoms with E-state index in [-0.39, 0.29) is 36.4 Å². The maximum absolute atomic E-state index is 11.8. The minimum absolute atomic E-state index is 0. The van der Waals surface area contributed by atoms with Crippen LogP contribution in [-0.2, 0) is 4.79 Å². The van der Waals surface area contributed by atoms with E-state index in [9.17, 15) is 4.79 Å². The molecule has 0 bridgehead atoms. The lowest BCUT2D eigenvalue weighted by molar-refractivity contribution is -0.127. The first-order chi connectivity index (χ1) is 12.5. The number of anilines is 1. The second-order valence-electron chi connectivity index (χ2n) is 6.67. The molecule has 1 aliphatic heterocycles. The summed E-state index contributed by atoms with van der Waals surface area (Å²) in [5.41, 5.74) is 1.04. The Hall–Kier alpha value is -1.84. The highest BCUT2D eigenvalue weighted by molar-refractivity contribution is 14.0. The fourth-order valence-corrected chi connectivity index (χ4v) is 2.76. The molecule has 2 heterocycles. The number of hydrogen-bond acceptors (Lipinski definition) is 4. The first-order valence-corrected chi connectivity index (χ1v) is 9.04. The Morgan fingerprint density at radius 1 is 1.41 bits per heavy atom. The summed E-state index contributed by atoms with van der Waals surface area (Å²) in [6.45, 7) is 8.36. The van der Waals surface area contributed by atoms with Gasteiger partial charge in [0.05, 0.1) is 0 Å². The van der Waals surface area contributed by atoms with E-state index in [1.165, 1.54) is 0 Å². The molecule has 0 atom stereocenters. The molecule has 2 N–H and O–H groups in total. The highest BCUT2D eigenvalue weighted by atomic mass is 127. The molecule has 1 aliphatic rings. The Kier molecular flexibility index (Phi) is 10.1. The van der Waals surface area contributed by atoms with Crippen molar-refractivity contribution in [1.82, 2.24) is 20.5 Å². The van der Waals surface area contributed by atoms with Gasteiger partial charge in [0.1, 0.15) is 12.4 Å². The van der Waals surface area contributed by atoms with E-state index in [1.54, 1.807) is 25.1 Å². The normalized spacial score (nSPS) is 14.9. The number of carbonyl (C=O) groups excluding carboxylic acids is 1. The maximum atomic E-state index is 11.8. The number of guanidine groups is 1. The summed E-state index contributed by atoms with van der Waals surface area (Å²) in [5.74, 6) is 1.68. The van der Waals surface area contributed by atoms with Crippen LogP contribution in [0.5, 0.6) is 0 Å². The topological polar surface area (TPSA) is 72.9 Å². The van der Waals surface area contributed by atoms with Crippen LogP contribution in [0.25, 0.3) is 0 Å². The fraction of sp³-hybridized carbons (Fsp3) is 0.526. The van der Waals surface area contributed by atoms with Gasteiger partial charge in [0, 0.05) is 45.5 Å². The number of aryl methyl sites for hydroxylation is 1. The highest BCUT2D eigenvalue weighted by Gasteiger charge is 2.21. The van der Waals surface area contributed by atoms with Crippen molar-refractivity contribution >= 4 is 41.7 Å². The van der Waals surface area contributed by atoms with Crippen LogP contribution in [-0.4, -0.2) is 68.1 Å². The van der Waals surface area contributed by atoms with E-state index in [0.717, 1.165) is 37.4 Å². The number of rotatable bonds is 6. The summed E-state index contributed by atoms with van der Waals surface area (Å²) in [7, 11) is 3.47. The predicted molar refractivity (Wildman–Crippen MR) is 122 cm³/mol. The van der Waals surface area contributed by atoms with Crippen molar-refractivity contribution in [2.24, 2.45) is 4.99 Å². The Bertz CT molecular complexity index is 641. The van der Waals surface area contributed by atoms with E-state index in [4.69, 9.17) is 0 Å². The van der Waals surface area contributed by atoms with Crippen LogP contribution in [0.2, 0.25) is 0 Å². The Morgan fingerprint density at radius 2 is 2.11 bits per heavy atom. The van der Waals surface area contributed by atoms with Gasteiger partial charge in [-0.15, -0.1) is 30.6 Å². The average molecular weight is 486 g/mol. The molecule has 0 radical (unpaired) electrons. The van der Waals surface area contributed by atoms with E-state index in [0.29, 0.717) is 18.5 Å². The van der Waals surface area contributed by atoms with Gasteiger partial charge in [0.15, 0.2) is 5.96 Å². The molecule has 1 aromatic heterocycles. The summed E-state index contributed by atoms with van der Waals surface area (Å²) < 4.78 is 0. The highest BCUT2D eigenvalue weighted by Crippen LogP contribution is 2.18. The van der Waals surface area contributed by atoms with Gasteiger partial charge in [-0.2, -0.15) is 0 Å². The fourth-order valence-electron chi connectivity index (χ4n) is 2.76. The average Bonchev–Trinajstić information content (AvgIpc) is 2.64. The minimum Gasteiger partial charge on any atom is -0.356 e. The molecule has 1 aromatic rings. The van der Waals surface area contributed by atoms with Crippen LogP contribution < -0.4 is 15.5 Å². The van der Waals surface area contributed by atoms with E-state index < -0.39 is 0 Å². The van der Waals surface area contributed by atoms with Gasteiger partial charge in [-0.05, 0) is 31.9 Å². The third-order valence-corrected chi connectivity index (χ3v) is 4.32. The molecule has 0 spiro atoms. The van der Waals surface area contributed by atoms with Gasteiger partial charge in [-0.3, -0.25) is 4.79 Å². The van der Waals surface area contributed by atoms with Crippen LogP contribution in [0.4, 0.5) is 5.82 Å². The summed E-state index contributed by atoms with van der Waals surface area (Å²) in [6.07, 6.45) is 3.76. The van der Waals surface area contributed by atoms with E-state index in [2.05, 4.69) is 38.2 Å². The number of carbonyl (C=O) groups is 1. The summed E-state index contributed by atoms with van der Waals surface area (Å²) in [4.78, 5) is 24.6. The molecule has 8 heteroatoms. The molecule has 0 unspecified atom stereocenters. The Morgan fingerprint density at radius 3 is 2.70 bits per heavy atom. The van der Waals surface area contributed by atoms with Crippen molar-refractivity contribution in [2.45, 2.75) is 25.8 Å². The van der Waals surface area contributed by atoms with Gasteiger partial charge in [-0.25, -0.2) is 9.98 Å². The van der Waals surface area contributed by atoms with Gasteiger partial charge in [0.25, 0.3) is 0 Å². The monoisotopic (exact) mass is 486 g/mol. The third-order valence-electron chi connectivity index (χ3n) is 4.32. The first kappa shape index (κ1) is 23.2. The number of hydrogen-bond donors (Lipinski definition) is 2. The Balaban J connectivity index is 0.00000364. The second kappa shape index (κ2) is 11.8. The van der Waals surface area contributed by atoms with Crippen LogP contribution in [0.15, 0.2) is 35.8 Å². The number of piperidine rings is 1. The van der Waals surface area contributed by atoms with Crippen LogP contribution in [0.1, 0.15) is 18.5 Å². The van der Waals surface area contributed by atoms with Gasteiger partial charge < -0.3 is 20.4 Å². The van der Waals surface area contributed by atoms with Crippen LogP contribution in [0, 0.1) is 6.92 Å². The quantitative estimate of drug-likeness (QED) is 0.278. The summed E-state index contributed by atoms with van der Waals surface area (Å²) in [6, 6.07) is 6.45. The lowest BCUT2D eigenvalue weighted by atomic mass is 10.1. The number of aliphatic imine (C=N–C) groups is 1.